The Balaban J connectivity index is 2.46. The van der Waals surface area contributed by atoms with Gasteiger partial charge in [0.25, 0.3) is 0 Å². The molecule has 1 aromatic rings. The van der Waals surface area contributed by atoms with Crippen molar-refractivity contribution in [3.05, 3.63) is 23.2 Å². The highest BCUT2D eigenvalue weighted by atomic mass is 35.5. The van der Waals surface area contributed by atoms with E-state index in [1.165, 1.54) is 0 Å². The van der Waals surface area contributed by atoms with Gasteiger partial charge in [0.1, 0.15) is 5.75 Å². The lowest BCUT2D eigenvalue weighted by Crippen LogP contribution is -2.30. The molecule has 0 aliphatic heterocycles. The zero-order chi connectivity index (χ0) is 14.8. The third kappa shape index (κ3) is 6.12. The third-order valence-electron chi connectivity index (χ3n) is 2.44. The van der Waals surface area contributed by atoms with E-state index in [1.807, 2.05) is 13.8 Å². The summed E-state index contributed by atoms with van der Waals surface area (Å²) in [5, 5.41) is 6.02. The van der Waals surface area contributed by atoms with Crippen LogP contribution in [0.2, 0.25) is 5.02 Å². The van der Waals surface area contributed by atoms with Crippen molar-refractivity contribution < 1.29 is 14.3 Å². The van der Waals surface area contributed by atoms with Crippen LogP contribution in [-0.2, 0) is 4.74 Å². The van der Waals surface area contributed by atoms with Crippen LogP contribution in [0.3, 0.4) is 0 Å². The average molecular weight is 301 g/mol. The quantitative estimate of drug-likeness (QED) is 0.724. The van der Waals surface area contributed by atoms with Gasteiger partial charge in [0, 0.05) is 24.8 Å². The van der Waals surface area contributed by atoms with E-state index in [1.54, 1.807) is 18.2 Å². The molecule has 0 bridgehead atoms. The average Bonchev–Trinajstić information content (AvgIpc) is 2.42. The number of amides is 2. The Kier molecular flexibility index (Phi) is 7.84. The molecule has 6 heteroatoms. The predicted octanol–water partition coefficient (Wildman–Crippen LogP) is 3.29. The first-order valence-electron chi connectivity index (χ1n) is 6.72. The molecule has 0 atom stereocenters. The van der Waals surface area contributed by atoms with E-state index in [9.17, 15) is 4.79 Å². The summed E-state index contributed by atoms with van der Waals surface area (Å²) < 4.78 is 10.6. The van der Waals surface area contributed by atoms with Crippen LogP contribution in [0.25, 0.3) is 0 Å². The van der Waals surface area contributed by atoms with Crippen molar-refractivity contribution in [2.45, 2.75) is 20.3 Å². The molecule has 112 valence electrons. The molecule has 0 aliphatic carbocycles. The van der Waals surface area contributed by atoms with E-state index in [-0.39, 0.29) is 6.03 Å². The van der Waals surface area contributed by atoms with Crippen molar-refractivity contribution in [1.29, 1.82) is 0 Å². The molecule has 2 amide bonds. The molecule has 0 spiro atoms. The van der Waals surface area contributed by atoms with Gasteiger partial charge in [0.2, 0.25) is 0 Å². The van der Waals surface area contributed by atoms with Crippen molar-refractivity contribution in [2.24, 2.45) is 0 Å². The second-order valence-corrected chi connectivity index (χ2v) is 4.44. The minimum Gasteiger partial charge on any atom is -0.492 e. The lowest BCUT2D eigenvalue weighted by Gasteiger charge is -2.12. The summed E-state index contributed by atoms with van der Waals surface area (Å²) in [6.45, 7) is 6.22. The van der Waals surface area contributed by atoms with E-state index in [0.717, 1.165) is 6.42 Å². The van der Waals surface area contributed by atoms with E-state index >= 15 is 0 Å². The molecule has 0 saturated heterocycles. The lowest BCUT2D eigenvalue weighted by atomic mass is 10.3. The van der Waals surface area contributed by atoms with Crippen LogP contribution in [0, 0.1) is 0 Å². The van der Waals surface area contributed by atoms with Crippen LogP contribution < -0.4 is 15.4 Å². The fourth-order valence-corrected chi connectivity index (χ4v) is 1.74. The molecule has 2 N–H and O–H groups in total. The Morgan fingerprint density at radius 3 is 2.80 bits per heavy atom. The smallest absolute Gasteiger partial charge is 0.319 e. The number of ether oxygens (including phenoxy) is 2. The summed E-state index contributed by atoms with van der Waals surface area (Å²) >= 11 is 5.92. The Bertz CT molecular complexity index is 427. The number of hydrogen-bond acceptors (Lipinski definition) is 3. The fourth-order valence-electron chi connectivity index (χ4n) is 1.57. The summed E-state index contributed by atoms with van der Waals surface area (Å²) in [7, 11) is 0. The van der Waals surface area contributed by atoms with Gasteiger partial charge in [-0.1, -0.05) is 11.6 Å². The molecule has 0 saturated carbocycles. The van der Waals surface area contributed by atoms with Crippen molar-refractivity contribution in [3.8, 4) is 5.75 Å². The molecular formula is C14H21ClN2O3. The van der Waals surface area contributed by atoms with Crippen molar-refractivity contribution in [2.75, 3.05) is 31.7 Å². The highest BCUT2D eigenvalue weighted by Crippen LogP contribution is 2.27. The molecule has 0 heterocycles. The first kappa shape index (κ1) is 16.6. The Morgan fingerprint density at radius 2 is 2.10 bits per heavy atom. The maximum atomic E-state index is 11.8. The molecule has 0 unspecified atom stereocenters. The van der Waals surface area contributed by atoms with Crippen LogP contribution in [0.5, 0.6) is 5.75 Å². The van der Waals surface area contributed by atoms with Crippen molar-refractivity contribution in [3.63, 3.8) is 0 Å². The Morgan fingerprint density at radius 1 is 1.30 bits per heavy atom. The van der Waals surface area contributed by atoms with Crippen LogP contribution in [0.15, 0.2) is 18.2 Å². The second kappa shape index (κ2) is 9.44. The van der Waals surface area contributed by atoms with Gasteiger partial charge >= 0.3 is 6.03 Å². The number of urea groups is 1. The minimum atomic E-state index is -0.287. The van der Waals surface area contributed by atoms with Crippen LogP contribution in [0.4, 0.5) is 10.5 Å². The standard InChI is InChI=1S/C14H21ClN2O3/c1-3-19-9-5-8-16-14(18)17-12-10-11(15)6-7-13(12)20-4-2/h6-7,10H,3-5,8-9H2,1-2H3,(H2,16,17,18). The molecule has 0 aromatic heterocycles. The highest BCUT2D eigenvalue weighted by Gasteiger charge is 2.08. The summed E-state index contributed by atoms with van der Waals surface area (Å²) in [6, 6.07) is 4.82. The van der Waals surface area contributed by atoms with Gasteiger partial charge in [0.15, 0.2) is 0 Å². The molecule has 5 nitrogen and oxygen atoms in total. The van der Waals surface area contributed by atoms with Crippen LogP contribution in [0.1, 0.15) is 20.3 Å². The van der Waals surface area contributed by atoms with Crippen LogP contribution >= 0.6 is 11.6 Å². The predicted molar refractivity (Wildman–Crippen MR) is 80.8 cm³/mol. The Hall–Kier alpha value is -1.46. The largest absolute Gasteiger partial charge is 0.492 e. The van der Waals surface area contributed by atoms with E-state index in [2.05, 4.69) is 10.6 Å². The zero-order valence-corrected chi connectivity index (χ0v) is 12.6. The number of halogens is 1. The molecular weight excluding hydrogens is 280 g/mol. The first-order chi connectivity index (χ1) is 9.67. The summed E-state index contributed by atoms with van der Waals surface area (Å²) in [4.78, 5) is 11.8. The number of benzene rings is 1. The number of carbonyl (C=O) groups excluding carboxylic acids is 1. The number of anilines is 1. The molecule has 1 aromatic carbocycles. The minimum absolute atomic E-state index is 0.287. The van der Waals surface area contributed by atoms with Gasteiger partial charge in [-0.05, 0) is 38.5 Å². The van der Waals surface area contributed by atoms with Gasteiger partial charge < -0.3 is 20.1 Å². The summed E-state index contributed by atoms with van der Waals surface area (Å²) in [5.74, 6) is 0.598. The van der Waals surface area contributed by atoms with Gasteiger partial charge in [-0.2, -0.15) is 0 Å². The number of carbonyl (C=O) groups is 1. The first-order valence-corrected chi connectivity index (χ1v) is 7.10. The maximum absolute atomic E-state index is 11.8. The monoisotopic (exact) mass is 300 g/mol. The molecule has 0 aliphatic rings. The van der Waals surface area contributed by atoms with Gasteiger partial charge in [-0.15, -0.1) is 0 Å². The summed E-state index contributed by atoms with van der Waals surface area (Å²) in [6.07, 6.45) is 0.773. The van der Waals surface area contributed by atoms with Crippen molar-refractivity contribution >= 4 is 23.3 Å². The van der Waals surface area contributed by atoms with Gasteiger partial charge in [-0.25, -0.2) is 4.79 Å². The molecule has 0 radical (unpaired) electrons. The lowest BCUT2D eigenvalue weighted by molar-refractivity contribution is 0.145. The topological polar surface area (TPSA) is 59.6 Å². The molecule has 0 fully saturated rings. The molecule has 20 heavy (non-hydrogen) atoms. The van der Waals surface area contributed by atoms with Gasteiger partial charge in [0.05, 0.1) is 12.3 Å². The van der Waals surface area contributed by atoms with E-state index in [4.69, 9.17) is 21.1 Å². The SMILES string of the molecule is CCOCCCNC(=O)Nc1cc(Cl)ccc1OCC. The van der Waals surface area contributed by atoms with E-state index < -0.39 is 0 Å². The second-order valence-electron chi connectivity index (χ2n) is 4.00. The number of nitrogens with one attached hydrogen (secondary N) is 2. The number of rotatable bonds is 8. The van der Waals surface area contributed by atoms with Gasteiger partial charge in [-0.3, -0.25) is 0 Å². The van der Waals surface area contributed by atoms with Crippen molar-refractivity contribution in [1.82, 2.24) is 5.32 Å². The fraction of sp³-hybridized carbons (Fsp3) is 0.500. The molecule has 1 rings (SSSR count). The highest BCUT2D eigenvalue weighted by molar-refractivity contribution is 6.31. The summed E-state index contributed by atoms with van der Waals surface area (Å²) in [5.41, 5.74) is 0.557. The van der Waals surface area contributed by atoms with E-state index in [0.29, 0.717) is 42.8 Å². The Labute approximate surface area is 124 Å². The van der Waals surface area contributed by atoms with Crippen LogP contribution in [-0.4, -0.2) is 32.4 Å². The zero-order valence-electron chi connectivity index (χ0n) is 11.9. The normalized spacial score (nSPS) is 10.2. The maximum Gasteiger partial charge on any atom is 0.319 e. The third-order valence-corrected chi connectivity index (χ3v) is 2.68. The number of hydrogen-bond donors (Lipinski definition) is 2.